The molecule has 0 spiro atoms. The highest BCUT2D eigenvalue weighted by Gasteiger charge is 2.52. The highest BCUT2D eigenvalue weighted by atomic mass is 16.2. The van der Waals surface area contributed by atoms with Gasteiger partial charge in [0, 0.05) is 0 Å². The highest BCUT2D eigenvalue weighted by Crippen LogP contribution is 2.61. The first kappa shape index (κ1) is 16.8. The standard InChI is InChI=1S/C20H34O/c1-15(11-14-21)9-12-19(4)17(3)10-13-20(5)16(2)7-6-8-18(19)20/h7,11,17-18,21H,6,8-10,12-14H2,1-5H3/b15-11+. The SMILES string of the molecule is CC1=CCCC2C1(C)CCC(C)C2(C)CC/C(C)=C/CO. The van der Waals surface area contributed by atoms with Gasteiger partial charge in [0.05, 0.1) is 6.61 Å². The molecule has 1 nitrogen and oxygen atoms in total. The van der Waals surface area contributed by atoms with E-state index < -0.39 is 0 Å². The monoisotopic (exact) mass is 290 g/mol. The number of allylic oxidation sites excluding steroid dienone is 3. The topological polar surface area (TPSA) is 20.2 Å². The van der Waals surface area contributed by atoms with Gasteiger partial charge in [-0.25, -0.2) is 0 Å². The molecule has 0 bridgehead atoms. The van der Waals surface area contributed by atoms with Crippen LogP contribution in [0.5, 0.6) is 0 Å². The van der Waals surface area contributed by atoms with Crippen molar-refractivity contribution in [2.45, 2.75) is 73.1 Å². The lowest BCUT2D eigenvalue weighted by Gasteiger charge is -2.58. The van der Waals surface area contributed by atoms with E-state index in [4.69, 9.17) is 5.11 Å². The molecule has 1 saturated carbocycles. The Bertz CT molecular complexity index is 433. The summed E-state index contributed by atoms with van der Waals surface area (Å²) in [7, 11) is 0. The Hall–Kier alpha value is -0.560. The molecule has 1 heteroatoms. The first-order chi connectivity index (χ1) is 9.84. The Kier molecular flexibility index (Phi) is 5.03. The Morgan fingerprint density at radius 3 is 2.76 bits per heavy atom. The number of aliphatic hydroxyl groups excluding tert-OH is 1. The molecule has 4 unspecified atom stereocenters. The second-order valence-electron chi connectivity index (χ2n) is 8.11. The average molecular weight is 290 g/mol. The van der Waals surface area contributed by atoms with Crippen LogP contribution < -0.4 is 0 Å². The molecular weight excluding hydrogens is 256 g/mol. The van der Waals surface area contributed by atoms with Crippen LogP contribution in [0, 0.1) is 22.7 Å². The number of aliphatic hydroxyl groups is 1. The summed E-state index contributed by atoms with van der Waals surface area (Å²) in [5.41, 5.74) is 3.85. The molecule has 2 aliphatic rings. The van der Waals surface area contributed by atoms with Crippen LogP contribution in [-0.2, 0) is 0 Å². The van der Waals surface area contributed by atoms with Gasteiger partial charge < -0.3 is 5.11 Å². The highest BCUT2D eigenvalue weighted by molar-refractivity contribution is 5.21. The Morgan fingerprint density at radius 2 is 2.10 bits per heavy atom. The van der Waals surface area contributed by atoms with Gasteiger partial charge in [0.15, 0.2) is 0 Å². The number of rotatable bonds is 4. The molecule has 0 aromatic rings. The number of hydrogen-bond acceptors (Lipinski definition) is 1. The normalized spacial score (nSPS) is 40.7. The van der Waals surface area contributed by atoms with Crippen molar-refractivity contribution in [3.8, 4) is 0 Å². The van der Waals surface area contributed by atoms with E-state index >= 15 is 0 Å². The number of hydrogen-bond donors (Lipinski definition) is 1. The predicted molar refractivity (Wildman–Crippen MR) is 91.2 cm³/mol. The van der Waals surface area contributed by atoms with E-state index in [9.17, 15) is 0 Å². The lowest BCUT2D eigenvalue weighted by Crippen LogP contribution is -2.49. The Labute approximate surface area is 131 Å². The molecule has 0 aromatic carbocycles. The Balaban J connectivity index is 2.23. The van der Waals surface area contributed by atoms with Crippen LogP contribution in [-0.4, -0.2) is 11.7 Å². The molecule has 0 saturated heterocycles. The van der Waals surface area contributed by atoms with Gasteiger partial charge in [-0.1, -0.05) is 44.1 Å². The van der Waals surface area contributed by atoms with Crippen molar-refractivity contribution in [3.05, 3.63) is 23.3 Å². The smallest absolute Gasteiger partial charge is 0.0614 e. The molecule has 0 amide bonds. The first-order valence-corrected chi connectivity index (χ1v) is 8.78. The average Bonchev–Trinajstić information content (AvgIpc) is 2.44. The van der Waals surface area contributed by atoms with Gasteiger partial charge in [-0.05, 0) is 75.0 Å². The second kappa shape index (κ2) is 6.28. The second-order valence-corrected chi connectivity index (χ2v) is 8.11. The van der Waals surface area contributed by atoms with Crippen LogP contribution in [0.1, 0.15) is 73.1 Å². The predicted octanol–water partition coefficient (Wildman–Crippen LogP) is 5.50. The van der Waals surface area contributed by atoms with Crippen LogP contribution in [0.3, 0.4) is 0 Å². The quantitative estimate of drug-likeness (QED) is 0.677. The minimum atomic E-state index is 0.182. The van der Waals surface area contributed by atoms with Gasteiger partial charge >= 0.3 is 0 Å². The molecule has 0 aromatic heterocycles. The van der Waals surface area contributed by atoms with Crippen molar-refractivity contribution in [2.75, 3.05) is 6.61 Å². The fourth-order valence-corrected chi connectivity index (χ4v) is 5.06. The molecule has 2 aliphatic carbocycles. The van der Waals surface area contributed by atoms with Crippen LogP contribution in [0.25, 0.3) is 0 Å². The summed E-state index contributed by atoms with van der Waals surface area (Å²) in [5.74, 6) is 1.63. The molecule has 21 heavy (non-hydrogen) atoms. The van der Waals surface area contributed by atoms with Gasteiger partial charge in [0.2, 0.25) is 0 Å². The summed E-state index contributed by atoms with van der Waals surface area (Å²) in [6.45, 7) is 12.2. The van der Waals surface area contributed by atoms with Gasteiger partial charge in [0.1, 0.15) is 0 Å². The van der Waals surface area contributed by atoms with Crippen molar-refractivity contribution < 1.29 is 5.11 Å². The molecular formula is C20H34O. The summed E-state index contributed by atoms with van der Waals surface area (Å²) in [6, 6.07) is 0. The van der Waals surface area contributed by atoms with Gasteiger partial charge in [-0.3, -0.25) is 0 Å². The minimum Gasteiger partial charge on any atom is -0.392 e. The number of fused-ring (bicyclic) bond motifs is 1. The van der Waals surface area contributed by atoms with Crippen molar-refractivity contribution in [1.29, 1.82) is 0 Å². The van der Waals surface area contributed by atoms with E-state index in [1.54, 1.807) is 5.57 Å². The third kappa shape index (κ3) is 2.99. The molecule has 1 N–H and O–H groups in total. The summed E-state index contributed by atoms with van der Waals surface area (Å²) in [4.78, 5) is 0. The van der Waals surface area contributed by atoms with Gasteiger partial charge in [-0.2, -0.15) is 0 Å². The summed E-state index contributed by atoms with van der Waals surface area (Å²) in [5, 5.41) is 9.07. The molecule has 1 fully saturated rings. The van der Waals surface area contributed by atoms with E-state index in [2.05, 4.69) is 40.7 Å². The maximum Gasteiger partial charge on any atom is 0.0614 e. The van der Waals surface area contributed by atoms with Crippen LogP contribution in [0.2, 0.25) is 0 Å². The fraction of sp³-hybridized carbons (Fsp3) is 0.800. The molecule has 4 atom stereocenters. The third-order valence-corrected chi connectivity index (χ3v) is 7.09. The largest absolute Gasteiger partial charge is 0.392 e. The molecule has 2 rings (SSSR count). The fourth-order valence-electron chi connectivity index (χ4n) is 5.06. The van der Waals surface area contributed by atoms with Crippen molar-refractivity contribution in [3.63, 3.8) is 0 Å². The van der Waals surface area contributed by atoms with E-state index in [1.165, 1.54) is 37.7 Å². The van der Waals surface area contributed by atoms with Crippen LogP contribution in [0.4, 0.5) is 0 Å². The van der Waals surface area contributed by atoms with Crippen LogP contribution in [0.15, 0.2) is 23.3 Å². The first-order valence-electron chi connectivity index (χ1n) is 8.78. The van der Waals surface area contributed by atoms with E-state index in [-0.39, 0.29) is 6.61 Å². The van der Waals surface area contributed by atoms with Gasteiger partial charge in [-0.15, -0.1) is 0 Å². The van der Waals surface area contributed by atoms with E-state index in [0.717, 1.165) is 18.3 Å². The summed E-state index contributed by atoms with van der Waals surface area (Å²) in [6.07, 6.45) is 12.2. The molecule has 120 valence electrons. The zero-order valence-electron chi connectivity index (χ0n) is 14.7. The summed E-state index contributed by atoms with van der Waals surface area (Å²) >= 11 is 0. The zero-order valence-corrected chi connectivity index (χ0v) is 14.7. The summed E-state index contributed by atoms with van der Waals surface area (Å²) < 4.78 is 0. The molecule has 0 aliphatic heterocycles. The van der Waals surface area contributed by atoms with Crippen molar-refractivity contribution >= 4 is 0 Å². The molecule has 0 heterocycles. The van der Waals surface area contributed by atoms with Crippen molar-refractivity contribution in [2.24, 2.45) is 22.7 Å². The zero-order chi connectivity index (χ0) is 15.7. The van der Waals surface area contributed by atoms with Gasteiger partial charge in [0.25, 0.3) is 0 Å². The minimum absolute atomic E-state index is 0.182. The van der Waals surface area contributed by atoms with E-state index in [1.807, 2.05) is 6.08 Å². The van der Waals surface area contributed by atoms with Crippen LogP contribution >= 0.6 is 0 Å². The Morgan fingerprint density at radius 1 is 1.38 bits per heavy atom. The third-order valence-electron chi connectivity index (χ3n) is 7.09. The van der Waals surface area contributed by atoms with E-state index in [0.29, 0.717) is 10.8 Å². The maximum atomic E-state index is 9.07. The lowest BCUT2D eigenvalue weighted by molar-refractivity contribution is -0.0466. The van der Waals surface area contributed by atoms with Crippen molar-refractivity contribution in [1.82, 2.24) is 0 Å². The lowest BCUT2D eigenvalue weighted by atomic mass is 9.47. The molecule has 0 radical (unpaired) electrons. The maximum absolute atomic E-state index is 9.07.